The third-order valence-electron chi connectivity index (χ3n) is 6.18. The molecule has 1 amide bonds. The van der Waals surface area contributed by atoms with Gasteiger partial charge in [0, 0.05) is 5.56 Å². The first kappa shape index (κ1) is 23.6. The summed E-state index contributed by atoms with van der Waals surface area (Å²) in [5, 5.41) is 3.14. The Balaban J connectivity index is 1.51. The van der Waals surface area contributed by atoms with Gasteiger partial charge in [-0.05, 0) is 68.1 Å². The molecular weight excluding hydrogens is 422 g/mol. The van der Waals surface area contributed by atoms with Gasteiger partial charge in [0.25, 0.3) is 5.91 Å². The number of fused-ring (bicyclic) bond motifs is 1. The second kappa shape index (κ2) is 10.1. The molecule has 0 saturated heterocycles. The number of aryl methyl sites for hydroxylation is 2. The molecule has 4 rings (SSSR count). The number of carbonyl (C=O) groups excluding carboxylic acids is 1. The Kier molecular flexibility index (Phi) is 7.01. The Morgan fingerprint density at radius 3 is 2.44 bits per heavy atom. The number of nitrogens with one attached hydrogen (secondary N) is 1. The molecule has 0 radical (unpaired) electrons. The first-order valence-corrected chi connectivity index (χ1v) is 11.9. The number of benzene rings is 3. The topological polar surface area (TPSA) is 56.2 Å². The smallest absolute Gasteiger partial charge is 0.252 e. The van der Waals surface area contributed by atoms with Crippen molar-refractivity contribution >= 4 is 16.9 Å². The molecule has 0 fully saturated rings. The highest BCUT2D eigenvalue weighted by Gasteiger charge is 2.20. The van der Waals surface area contributed by atoms with Crippen LogP contribution in [0.2, 0.25) is 0 Å². The standard InChI is InChI=1S/C29H33N3O2/c1-19(2)23-11-13-24(14-12-23)34-17-16-32-27-9-7-6-8-26(27)31-28(32)22(5)30-29(33)25-15-10-20(3)18-21(25)4/h6-15,18-19,22H,16-17H2,1-5H3,(H,30,33). The molecule has 3 aromatic carbocycles. The molecule has 0 aliphatic rings. The zero-order valence-corrected chi connectivity index (χ0v) is 20.6. The average molecular weight is 456 g/mol. The van der Waals surface area contributed by atoms with E-state index in [0.717, 1.165) is 33.7 Å². The minimum atomic E-state index is -0.258. The van der Waals surface area contributed by atoms with Crippen LogP contribution in [0.25, 0.3) is 11.0 Å². The predicted octanol–water partition coefficient (Wildman–Crippen LogP) is 6.35. The number of rotatable bonds is 8. The fourth-order valence-electron chi connectivity index (χ4n) is 4.27. The van der Waals surface area contributed by atoms with Gasteiger partial charge in [-0.1, -0.05) is 55.8 Å². The first-order valence-electron chi connectivity index (χ1n) is 11.9. The maximum Gasteiger partial charge on any atom is 0.252 e. The van der Waals surface area contributed by atoms with Crippen LogP contribution in [0.4, 0.5) is 0 Å². The van der Waals surface area contributed by atoms with Crippen molar-refractivity contribution in [3.63, 3.8) is 0 Å². The van der Waals surface area contributed by atoms with Crippen LogP contribution in [-0.2, 0) is 6.54 Å². The van der Waals surface area contributed by atoms with Crippen LogP contribution in [-0.4, -0.2) is 22.1 Å². The summed E-state index contributed by atoms with van der Waals surface area (Å²) >= 11 is 0. The molecule has 5 nitrogen and oxygen atoms in total. The SMILES string of the molecule is Cc1ccc(C(=O)NC(C)c2nc3ccccc3n2CCOc2ccc(C(C)C)cc2)c(C)c1. The highest BCUT2D eigenvalue weighted by atomic mass is 16.5. The van der Waals surface area contributed by atoms with E-state index in [1.807, 2.05) is 69.3 Å². The van der Waals surface area contributed by atoms with E-state index in [0.29, 0.717) is 24.6 Å². The minimum Gasteiger partial charge on any atom is -0.492 e. The summed E-state index contributed by atoms with van der Waals surface area (Å²) in [5.41, 5.74) is 6.03. The molecule has 0 spiro atoms. The lowest BCUT2D eigenvalue weighted by Gasteiger charge is -2.17. The van der Waals surface area contributed by atoms with Gasteiger partial charge in [-0.25, -0.2) is 4.98 Å². The Labute approximate surface area is 201 Å². The molecule has 0 saturated carbocycles. The van der Waals surface area contributed by atoms with Crippen molar-refractivity contribution in [1.82, 2.24) is 14.9 Å². The fraction of sp³-hybridized carbons (Fsp3) is 0.310. The quantitative estimate of drug-likeness (QED) is 0.337. The maximum atomic E-state index is 13.0. The summed E-state index contributed by atoms with van der Waals surface area (Å²) in [6, 6.07) is 21.9. The molecule has 0 aliphatic heterocycles. The fourth-order valence-corrected chi connectivity index (χ4v) is 4.27. The van der Waals surface area contributed by atoms with Crippen molar-refractivity contribution in [2.45, 2.75) is 53.1 Å². The molecule has 1 unspecified atom stereocenters. The van der Waals surface area contributed by atoms with Crippen molar-refractivity contribution in [3.8, 4) is 5.75 Å². The van der Waals surface area contributed by atoms with Gasteiger partial charge in [0.2, 0.25) is 0 Å². The van der Waals surface area contributed by atoms with Gasteiger partial charge in [0.15, 0.2) is 0 Å². The molecule has 1 N–H and O–H groups in total. The summed E-state index contributed by atoms with van der Waals surface area (Å²) in [6.07, 6.45) is 0. The molecule has 1 aromatic heterocycles. The zero-order chi connectivity index (χ0) is 24.2. The minimum absolute atomic E-state index is 0.0925. The van der Waals surface area contributed by atoms with E-state index in [9.17, 15) is 4.79 Å². The number of ether oxygens (including phenoxy) is 1. The van der Waals surface area contributed by atoms with Crippen LogP contribution in [0.15, 0.2) is 66.7 Å². The molecule has 1 heterocycles. The number of hydrogen-bond acceptors (Lipinski definition) is 3. The van der Waals surface area contributed by atoms with E-state index in [4.69, 9.17) is 9.72 Å². The van der Waals surface area contributed by atoms with E-state index >= 15 is 0 Å². The van der Waals surface area contributed by atoms with Gasteiger partial charge in [-0.2, -0.15) is 0 Å². The molecular formula is C29H33N3O2. The number of hydrogen-bond donors (Lipinski definition) is 1. The highest BCUT2D eigenvalue weighted by molar-refractivity contribution is 5.96. The molecule has 176 valence electrons. The second-order valence-corrected chi connectivity index (χ2v) is 9.20. The Bertz CT molecular complexity index is 1290. The molecule has 5 heteroatoms. The predicted molar refractivity (Wildman–Crippen MR) is 138 cm³/mol. The van der Waals surface area contributed by atoms with Crippen LogP contribution in [0.5, 0.6) is 5.75 Å². The Morgan fingerprint density at radius 2 is 1.74 bits per heavy atom. The molecule has 4 aromatic rings. The molecule has 1 atom stereocenters. The lowest BCUT2D eigenvalue weighted by atomic mass is 10.0. The van der Waals surface area contributed by atoms with Crippen molar-refractivity contribution in [2.24, 2.45) is 0 Å². The van der Waals surface area contributed by atoms with Crippen LogP contribution in [0, 0.1) is 13.8 Å². The summed E-state index contributed by atoms with van der Waals surface area (Å²) in [7, 11) is 0. The van der Waals surface area contributed by atoms with Crippen molar-refractivity contribution in [1.29, 1.82) is 0 Å². The van der Waals surface area contributed by atoms with Crippen LogP contribution < -0.4 is 10.1 Å². The molecule has 34 heavy (non-hydrogen) atoms. The Hall–Kier alpha value is -3.60. The lowest BCUT2D eigenvalue weighted by molar-refractivity contribution is 0.0937. The zero-order valence-electron chi connectivity index (χ0n) is 20.6. The third kappa shape index (κ3) is 5.14. The normalized spacial score (nSPS) is 12.2. The van der Waals surface area contributed by atoms with Crippen LogP contribution >= 0.6 is 0 Å². The Morgan fingerprint density at radius 1 is 1.00 bits per heavy atom. The molecule has 0 bridgehead atoms. The van der Waals surface area contributed by atoms with Gasteiger partial charge in [-0.15, -0.1) is 0 Å². The summed E-state index contributed by atoms with van der Waals surface area (Å²) in [4.78, 5) is 17.8. The second-order valence-electron chi connectivity index (χ2n) is 9.20. The van der Waals surface area contributed by atoms with Gasteiger partial charge >= 0.3 is 0 Å². The number of nitrogens with zero attached hydrogens (tertiary/aromatic N) is 2. The monoisotopic (exact) mass is 455 g/mol. The van der Waals surface area contributed by atoms with Gasteiger partial charge < -0.3 is 14.6 Å². The third-order valence-corrected chi connectivity index (χ3v) is 6.18. The number of amides is 1. The van der Waals surface area contributed by atoms with E-state index in [-0.39, 0.29) is 11.9 Å². The lowest BCUT2D eigenvalue weighted by Crippen LogP contribution is -2.29. The number of aromatic nitrogens is 2. The number of imidazole rings is 1. The van der Waals surface area contributed by atoms with Crippen molar-refractivity contribution in [2.75, 3.05) is 6.61 Å². The van der Waals surface area contributed by atoms with E-state index in [1.165, 1.54) is 5.56 Å². The summed E-state index contributed by atoms with van der Waals surface area (Å²) in [5.74, 6) is 2.07. The van der Waals surface area contributed by atoms with Crippen molar-refractivity contribution < 1.29 is 9.53 Å². The van der Waals surface area contributed by atoms with Gasteiger partial charge in [0.05, 0.1) is 23.6 Å². The van der Waals surface area contributed by atoms with Crippen molar-refractivity contribution in [3.05, 3.63) is 94.8 Å². The molecule has 0 aliphatic carbocycles. The van der Waals surface area contributed by atoms with E-state index < -0.39 is 0 Å². The average Bonchev–Trinajstić information content (AvgIpc) is 3.18. The van der Waals surface area contributed by atoms with Crippen LogP contribution in [0.1, 0.15) is 65.6 Å². The van der Waals surface area contributed by atoms with Gasteiger partial charge in [-0.3, -0.25) is 4.79 Å². The first-order chi connectivity index (χ1) is 16.3. The van der Waals surface area contributed by atoms with E-state index in [2.05, 4.69) is 41.9 Å². The maximum absolute atomic E-state index is 13.0. The highest BCUT2D eigenvalue weighted by Crippen LogP contribution is 2.23. The van der Waals surface area contributed by atoms with Gasteiger partial charge in [0.1, 0.15) is 18.2 Å². The largest absolute Gasteiger partial charge is 0.492 e. The number of para-hydroxylation sites is 2. The summed E-state index contributed by atoms with van der Waals surface area (Å²) < 4.78 is 8.18. The summed E-state index contributed by atoms with van der Waals surface area (Å²) in [6.45, 7) is 11.5. The van der Waals surface area contributed by atoms with E-state index in [1.54, 1.807) is 0 Å². The number of carbonyl (C=O) groups is 1. The van der Waals surface area contributed by atoms with Crippen LogP contribution in [0.3, 0.4) is 0 Å².